The molecule has 1 nitrogen and oxygen atoms in total. The number of benzene rings is 1. The quantitative estimate of drug-likeness (QED) is 0.258. The molecular weight excluding hydrogens is 288 g/mol. The summed E-state index contributed by atoms with van der Waals surface area (Å²) < 4.78 is 0. The maximum atomic E-state index is 10.1. The fraction of sp³-hybridized carbons (Fsp3) is 0.650. The second-order valence-corrected chi connectivity index (χ2v) is 7.44. The second-order valence-electron chi connectivity index (χ2n) is 6.25. The van der Waals surface area contributed by atoms with Gasteiger partial charge in [0, 0.05) is 5.56 Å². The first-order valence-electron chi connectivity index (χ1n) is 9.04. The number of hydrogen-bond donors (Lipinski definition) is 2. The van der Waals surface area contributed by atoms with Crippen molar-refractivity contribution in [2.75, 3.05) is 5.75 Å². The summed E-state index contributed by atoms with van der Waals surface area (Å²) in [5.74, 6) is 1.08. The Kier molecular flexibility index (Phi) is 11.4. The van der Waals surface area contributed by atoms with Crippen molar-refractivity contribution in [2.24, 2.45) is 0 Å². The van der Waals surface area contributed by atoms with Crippen molar-refractivity contribution < 1.29 is 5.11 Å². The van der Waals surface area contributed by atoms with Crippen molar-refractivity contribution in [3.05, 3.63) is 35.4 Å². The lowest BCUT2D eigenvalue weighted by molar-refractivity contribution is 0.562. The average molecular weight is 323 g/mol. The molecule has 0 saturated carbocycles. The number of thiol groups is 1. The molecule has 0 radical (unpaired) electrons. The fourth-order valence-electron chi connectivity index (χ4n) is 2.58. The van der Waals surface area contributed by atoms with Crippen LogP contribution >= 0.6 is 11.4 Å². The summed E-state index contributed by atoms with van der Waals surface area (Å²) in [6.07, 6.45) is 13.7. The van der Waals surface area contributed by atoms with Crippen molar-refractivity contribution in [3.63, 3.8) is 0 Å². The van der Waals surface area contributed by atoms with E-state index in [-0.39, 0.29) is 0 Å². The Bertz CT molecular complexity index is 408. The Morgan fingerprint density at radius 2 is 1.32 bits per heavy atom. The lowest BCUT2D eigenvalue weighted by Gasteiger charge is -2.03. The van der Waals surface area contributed by atoms with Gasteiger partial charge in [0.1, 0.15) is 0 Å². The van der Waals surface area contributed by atoms with Gasteiger partial charge in [0.05, 0.1) is 5.05 Å². The molecule has 0 aliphatic carbocycles. The van der Waals surface area contributed by atoms with Gasteiger partial charge >= 0.3 is 0 Å². The van der Waals surface area contributed by atoms with E-state index in [1.807, 2.05) is 12.1 Å². The number of aliphatic hydroxyl groups excluding tert-OH is 1. The van der Waals surface area contributed by atoms with E-state index in [4.69, 9.17) is 0 Å². The largest absolute Gasteiger partial charge is 0.355 e. The van der Waals surface area contributed by atoms with Crippen molar-refractivity contribution in [1.29, 1.82) is 0 Å². The lowest BCUT2D eigenvalue weighted by Crippen LogP contribution is -1.96. The van der Waals surface area contributed by atoms with Crippen LogP contribution in [0, 0.1) is 6.92 Å². The summed E-state index contributed by atoms with van der Waals surface area (Å²) in [4.78, 5) is 0. The predicted octanol–water partition coefficient (Wildman–Crippen LogP) is 6.42. The first kappa shape index (κ1) is 19.4. The van der Waals surface area contributed by atoms with Gasteiger partial charge in [-0.15, -0.1) is 0 Å². The van der Waals surface area contributed by atoms with Crippen LogP contribution in [0.3, 0.4) is 0 Å². The molecule has 0 aliphatic rings. The molecule has 1 aromatic rings. The minimum Gasteiger partial charge on any atom is -0.355 e. The van der Waals surface area contributed by atoms with Crippen LogP contribution in [0.25, 0.3) is 0 Å². The van der Waals surface area contributed by atoms with Crippen molar-refractivity contribution in [2.45, 2.75) is 78.1 Å². The van der Waals surface area contributed by atoms with Crippen molar-refractivity contribution >= 4 is 16.4 Å². The zero-order chi connectivity index (χ0) is 16.0. The summed E-state index contributed by atoms with van der Waals surface area (Å²) in [6.45, 7) is 4.34. The highest BCUT2D eigenvalue weighted by molar-refractivity contribution is 7.98. The molecule has 22 heavy (non-hydrogen) atoms. The van der Waals surface area contributed by atoms with Gasteiger partial charge in [-0.25, -0.2) is 0 Å². The number of rotatable bonds is 12. The van der Waals surface area contributed by atoms with Gasteiger partial charge < -0.3 is 5.11 Å². The van der Waals surface area contributed by atoms with Crippen LogP contribution in [0.2, 0.25) is 0 Å². The Balaban J connectivity index is 2.00. The average Bonchev–Trinajstić information content (AvgIpc) is 2.53. The molecule has 0 aromatic heterocycles. The molecule has 0 bridgehead atoms. The molecule has 0 saturated heterocycles. The molecule has 0 amide bonds. The third-order valence-electron chi connectivity index (χ3n) is 4.08. The first-order chi connectivity index (χ1) is 10.7. The normalized spacial score (nSPS) is 12.2. The van der Waals surface area contributed by atoms with Gasteiger partial charge in [-0.05, 0) is 19.1 Å². The van der Waals surface area contributed by atoms with E-state index in [2.05, 4.69) is 26.0 Å². The molecule has 0 heterocycles. The van der Waals surface area contributed by atoms with Gasteiger partial charge in [0.2, 0.25) is 0 Å². The predicted molar refractivity (Wildman–Crippen MR) is 104 cm³/mol. The SMILES string of the molecule is CCCCCCCCCCCC[SH]=C(O)c1ccc(C)cc1. The standard InChI is InChI=1S/C20H34OS/c1-3-4-5-6-7-8-9-10-11-12-17-22-20(21)19-15-13-18(2)14-16-19/h13-16,21-22H,3-12,17H2,1-2H3. The minimum absolute atomic E-state index is 0.524. The van der Waals surface area contributed by atoms with E-state index in [1.54, 1.807) is 0 Å². The molecule has 0 fully saturated rings. The molecule has 0 atom stereocenters. The van der Waals surface area contributed by atoms with E-state index in [0.717, 1.165) is 22.7 Å². The molecule has 126 valence electrons. The highest BCUT2D eigenvalue weighted by atomic mass is 32.1. The Hall–Kier alpha value is -0.600. The molecule has 0 spiro atoms. The number of hydrogen-bond acceptors (Lipinski definition) is 0. The molecule has 1 rings (SSSR count). The summed E-state index contributed by atoms with van der Waals surface area (Å²) in [7, 11) is 0. The van der Waals surface area contributed by atoms with E-state index in [0.29, 0.717) is 5.05 Å². The van der Waals surface area contributed by atoms with E-state index in [9.17, 15) is 5.11 Å². The van der Waals surface area contributed by atoms with Gasteiger partial charge in [-0.2, -0.15) is 11.4 Å². The van der Waals surface area contributed by atoms with Crippen LogP contribution in [0.5, 0.6) is 0 Å². The topological polar surface area (TPSA) is 20.2 Å². The zero-order valence-electron chi connectivity index (χ0n) is 14.5. The van der Waals surface area contributed by atoms with Gasteiger partial charge in [0.15, 0.2) is 0 Å². The van der Waals surface area contributed by atoms with Crippen LogP contribution < -0.4 is 0 Å². The summed E-state index contributed by atoms with van der Waals surface area (Å²) in [5.41, 5.74) is 2.21. The monoisotopic (exact) mass is 322 g/mol. The van der Waals surface area contributed by atoms with E-state index < -0.39 is 0 Å². The summed E-state index contributed by atoms with van der Waals surface area (Å²) in [6, 6.07) is 8.13. The van der Waals surface area contributed by atoms with Crippen LogP contribution in [0.1, 0.15) is 82.3 Å². The van der Waals surface area contributed by atoms with Crippen molar-refractivity contribution in [3.8, 4) is 0 Å². The molecule has 0 aliphatic heterocycles. The summed E-state index contributed by atoms with van der Waals surface area (Å²) >= 11 is 1.07. The Morgan fingerprint density at radius 1 is 0.818 bits per heavy atom. The van der Waals surface area contributed by atoms with Crippen molar-refractivity contribution in [1.82, 2.24) is 0 Å². The zero-order valence-corrected chi connectivity index (χ0v) is 15.4. The fourth-order valence-corrected chi connectivity index (χ4v) is 3.50. The third kappa shape index (κ3) is 9.42. The van der Waals surface area contributed by atoms with Gasteiger partial charge in [-0.1, -0.05) is 94.5 Å². The third-order valence-corrected chi connectivity index (χ3v) is 5.18. The minimum atomic E-state index is 0.524. The molecular formula is C20H34OS. The molecule has 2 heteroatoms. The molecule has 1 aromatic carbocycles. The highest BCUT2D eigenvalue weighted by Crippen LogP contribution is 2.12. The molecule has 0 unspecified atom stereocenters. The summed E-state index contributed by atoms with van der Waals surface area (Å²) in [5, 5.41) is 10.6. The molecule has 1 N–H and O–H groups in total. The number of aryl methyl sites for hydroxylation is 1. The van der Waals surface area contributed by atoms with Gasteiger partial charge in [0.25, 0.3) is 0 Å². The smallest absolute Gasteiger partial charge is 0.1000 e. The van der Waals surface area contributed by atoms with Crippen LogP contribution in [0.15, 0.2) is 24.3 Å². The van der Waals surface area contributed by atoms with Crippen LogP contribution in [-0.2, 0) is 0 Å². The van der Waals surface area contributed by atoms with Crippen LogP contribution in [-0.4, -0.2) is 15.9 Å². The second kappa shape index (κ2) is 12.9. The number of aliphatic hydroxyl groups is 1. The maximum absolute atomic E-state index is 10.1. The van der Waals surface area contributed by atoms with Gasteiger partial charge in [-0.3, -0.25) is 0 Å². The lowest BCUT2D eigenvalue weighted by atomic mass is 10.1. The van der Waals surface area contributed by atoms with E-state index in [1.165, 1.54) is 69.8 Å². The Labute approximate surface area is 141 Å². The Morgan fingerprint density at radius 3 is 1.86 bits per heavy atom. The van der Waals surface area contributed by atoms with E-state index >= 15 is 0 Å². The highest BCUT2D eigenvalue weighted by Gasteiger charge is 1.97. The first-order valence-corrected chi connectivity index (χ1v) is 10.1. The van der Waals surface area contributed by atoms with Crippen LogP contribution in [0.4, 0.5) is 0 Å². The maximum Gasteiger partial charge on any atom is 0.1000 e. The number of unbranched alkanes of at least 4 members (excludes halogenated alkanes) is 9.